The molecule has 1 amide bonds. The Labute approximate surface area is 178 Å². The second-order valence-electron chi connectivity index (χ2n) is 6.31. The summed E-state index contributed by atoms with van der Waals surface area (Å²) in [6, 6.07) is 4.18. The van der Waals surface area contributed by atoms with E-state index in [-0.39, 0.29) is 5.69 Å². The lowest BCUT2D eigenvalue weighted by atomic mass is 10.1. The molecule has 154 valence electrons. The van der Waals surface area contributed by atoms with Crippen LogP contribution in [0.3, 0.4) is 0 Å². The van der Waals surface area contributed by atoms with Crippen LogP contribution in [-0.4, -0.2) is 41.7 Å². The monoisotopic (exact) mass is 445 g/mol. The minimum absolute atomic E-state index is 0.191. The third-order valence-electron chi connectivity index (χ3n) is 4.41. The number of anilines is 1. The van der Waals surface area contributed by atoms with E-state index in [1.54, 1.807) is 17.0 Å². The quantitative estimate of drug-likeness (QED) is 0.485. The van der Waals surface area contributed by atoms with Crippen molar-refractivity contribution in [3.8, 4) is 17.0 Å². The second-order valence-corrected chi connectivity index (χ2v) is 7.70. The lowest BCUT2D eigenvalue weighted by Crippen LogP contribution is -2.14. The molecule has 0 aliphatic heterocycles. The van der Waals surface area contributed by atoms with E-state index in [0.29, 0.717) is 34.4 Å². The van der Waals surface area contributed by atoms with Gasteiger partial charge in [-0.2, -0.15) is 8.75 Å². The Morgan fingerprint density at radius 1 is 1.30 bits per heavy atom. The lowest BCUT2D eigenvalue weighted by molar-refractivity contribution is 0.102. The van der Waals surface area contributed by atoms with Crippen LogP contribution < -0.4 is 10.1 Å². The number of nitrogens with one attached hydrogen (secondary N) is 1. The van der Waals surface area contributed by atoms with Crippen molar-refractivity contribution < 1.29 is 13.9 Å². The minimum atomic E-state index is -0.431. The SMILES string of the molecule is COc1ccc(F)cc1-c1csc(NC(=O)c2nnn(Cc3nsnc3C)c2C)n1. The van der Waals surface area contributed by atoms with Crippen LogP contribution in [0.5, 0.6) is 5.75 Å². The molecule has 0 unspecified atom stereocenters. The molecule has 3 heterocycles. The fraction of sp³-hybridized carbons (Fsp3) is 0.222. The van der Waals surface area contributed by atoms with Gasteiger partial charge in [-0.1, -0.05) is 5.21 Å². The third kappa shape index (κ3) is 3.91. The number of methoxy groups -OCH3 is 1. The number of benzene rings is 1. The number of hydrogen-bond donors (Lipinski definition) is 1. The van der Waals surface area contributed by atoms with Crippen LogP contribution in [0.15, 0.2) is 23.6 Å². The Morgan fingerprint density at radius 3 is 2.87 bits per heavy atom. The molecule has 0 aliphatic carbocycles. The summed E-state index contributed by atoms with van der Waals surface area (Å²) in [6.45, 7) is 4.01. The maximum absolute atomic E-state index is 13.6. The predicted molar refractivity (Wildman–Crippen MR) is 111 cm³/mol. The fourth-order valence-corrected chi connectivity index (χ4v) is 4.01. The number of carbonyl (C=O) groups excluding carboxylic acids is 1. The molecule has 1 N–H and O–H groups in total. The van der Waals surface area contributed by atoms with Gasteiger partial charge in [-0.25, -0.2) is 14.1 Å². The van der Waals surface area contributed by atoms with E-state index in [4.69, 9.17) is 4.74 Å². The molecule has 0 saturated carbocycles. The van der Waals surface area contributed by atoms with Gasteiger partial charge in [0.2, 0.25) is 0 Å². The molecular formula is C18H16FN7O2S2. The van der Waals surface area contributed by atoms with Gasteiger partial charge >= 0.3 is 0 Å². The van der Waals surface area contributed by atoms with Crippen molar-refractivity contribution in [2.45, 2.75) is 20.4 Å². The number of nitrogens with zero attached hydrogens (tertiary/aromatic N) is 6. The Morgan fingerprint density at radius 2 is 2.13 bits per heavy atom. The van der Waals surface area contributed by atoms with Crippen molar-refractivity contribution >= 4 is 34.1 Å². The number of halogens is 1. The van der Waals surface area contributed by atoms with Crippen molar-refractivity contribution in [2.24, 2.45) is 0 Å². The number of rotatable bonds is 6. The predicted octanol–water partition coefficient (Wildman–Crippen LogP) is 3.32. The highest BCUT2D eigenvalue weighted by atomic mass is 32.1. The number of thiazole rings is 1. The molecule has 0 aliphatic rings. The van der Waals surface area contributed by atoms with Crippen LogP contribution in [0.25, 0.3) is 11.3 Å². The fourth-order valence-electron chi connectivity index (χ4n) is 2.75. The smallest absolute Gasteiger partial charge is 0.279 e. The standard InChI is InChI=1S/C18H16FN7O2S2/c1-9-13(24-30-23-9)7-26-10(2)16(22-25-26)17(27)21-18-20-14(8-29-18)12-6-11(19)4-5-15(12)28-3/h4-6,8H,7H2,1-3H3,(H,20,21,27). The summed E-state index contributed by atoms with van der Waals surface area (Å²) in [5.74, 6) is -0.341. The first-order chi connectivity index (χ1) is 14.5. The summed E-state index contributed by atoms with van der Waals surface area (Å²) < 4.78 is 28.9. The van der Waals surface area contributed by atoms with Gasteiger partial charge in [0.25, 0.3) is 5.91 Å². The average molecular weight is 446 g/mol. The zero-order valence-electron chi connectivity index (χ0n) is 16.2. The van der Waals surface area contributed by atoms with E-state index in [2.05, 4.69) is 29.4 Å². The number of hydrogen-bond acceptors (Lipinski definition) is 9. The molecule has 3 aromatic heterocycles. The Bertz CT molecular complexity index is 1220. The Kier molecular flexibility index (Phi) is 5.50. The number of aromatic nitrogens is 6. The number of carbonyl (C=O) groups is 1. The van der Waals surface area contributed by atoms with E-state index in [0.717, 1.165) is 23.1 Å². The first-order valence-corrected chi connectivity index (χ1v) is 10.4. The minimum Gasteiger partial charge on any atom is -0.496 e. The van der Waals surface area contributed by atoms with Gasteiger partial charge in [0.05, 0.1) is 48.2 Å². The van der Waals surface area contributed by atoms with E-state index < -0.39 is 11.7 Å². The maximum atomic E-state index is 13.6. The highest BCUT2D eigenvalue weighted by molar-refractivity contribution is 7.14. The molecular weight excluding hydrogens is 429 g/mol. The molecule has 0 bridgehead atoms. The summed E-state index contributed by atoms with van der Waals surface area (Å²) >= 11 is 2.35. The topological polar surface area (TPSA) is 108 Å². The van der Waals surface area contributed by atoms with E-state index in [1.165, 1.54) is 36.6 Å². The van der Waals surface area contributed by atoms with Crippen LogP contribution in [0.2, 0.25) is 0 Å². The summed E-state index contributed by atoms with van der Waals surface area (Å²) in [5, 5.41) is 12.8. The number of ether oxygens (including phenoxy) is 1. The molecule has 0 radical (unpaired) electrons. The molecule has 1 aromatic carbocycles. The van der Waals surface area contributed by atoms with Crippen molar-refractivity contribution in [3.63, 3.8) is 0 Å². The summed E-state index contributed by atoms with van der Waals surface area (Å²) in [5.41, 5.74) is 3.40. The van der Waals surface area contributed by atoms with Crippen molar-refractivity contribution in [3.05, 3.63) is 52.2 Å². The molecule has 12 heteroatoms. The van der Waals surface area contributed by atoms with Crippen LogP contribution in [-0.2, 0) is 6.54 Å². The van der Waals surface area contributed by atoms with Crippen LogP contribution >= 0.6 is 23.1 Å². The summed E-state index contributed by atoms with van der Waals surface area (Å²) in [4.78, 5) is 17.0. The van der Waals surface area contributed by atoms with Gasteiger partial charge < -0.3 is 4.74 Å². The van der Waals surface area contributed by atoms with Gasteiger partial charge in [-0.3, -0.25) is 10.1 Å². The largest absolute Gasteiger partial charge is 0.496 e. The van der Waals surface area contributed by atoms with E-state index in [9.17, 15) is 9.18 Å². The van der Waals surface area contributed by atoms with Crippen molar-refractivity contribution in [1.82, 2.24) is 28.7 Å². The number of amides is 1. The molecule has 0 fully saturated rings. The summed E-state index contributed by atoms with van der Waals surface area (Å²) in [7, 11) is 1.50. The van der Waals surface area contributed by atoms with Gasteiger partial charge in [-0.05, 0) is 32.0 Å². The van der Waals surface area contributed by atoms with Gasteiger partial charge in [0.15, 0.2) is 10.8 Å². The molecule has 0 saturated heterocycles. The Hall–Kier alpha value is -3.25. The summed E-state index contributed by atoms with van der Waals surface area (Å²) in [6.07, 6.45) is 0. The molecule has 0 atom stereocenters. The van der Waals surface area contributed by atoms with Crippen LogP contribution in [0.4, 0.5) is 9.52 Å². The zero-order chi connectivity index (χ0) is 21.3. The van der Waals surface area contributed by atoms with E-state index in [1.807, 2.05) is 6.92 Å². The normalized spacial score (nSPS) is 10.9. The molecule has 9 nitrogen and oxygen atoms in total. The Balaban J connectivity index is 1.52. The second kappa shape index (κ2) is 8.24. The molecule has 4 rings (SSSR count). The first-order valence-electron chi connectivity index (χ1n) is 8.75. The number of aryl methyl sites for hydroxylation is 1. The first kappa shape index (κ1) is 20.0. The van der Waals surface area contributed by atoms with Crippen LogP contribution in [0.1, 0.15) is 27.6 Å². The average Bonchev–Trinajstić information content (AvgIpc) is 3.44. The van der Waals surface area contributed by atoms with Crippen molar-refractivity contribution in [2.75, 3.05) is 12.4 Å². The van der Waals surface area contributed by atoms with E-state index >= 15 is 0 Å². The molecule has 30 heavy (non-hydrogen) atoms. The van der Waals surface area contributed by atoms with Gasteiger partial charge in [-0.15, -0.1) is 16.4 Å². The third-order valence-corrected chi connectivity index (χ3v) is 5.82. The maximum Gasteiger partial charge on any atom is 0.279 e. The van der Waals surface area contributed by atoms with Gasteiger partial charge in [0, 0.05) is 10.9 Å². The molecule has 4 aromatic rings. The van der Waals surface area contributed by atoms with Crippen LogP contribution in [0, 0.1) is 19.7 Å². The van der Waals surface area contributed by atoms with Crippen molar-refractivity contribution in [1.29, 1.82) is 0 Å². The highest BCUT2D eigenvalue weighted by Gasteiger charge is 2.20. The molecule has 0 spiro atoms. The lowest BCUT2D eigenvalue weighted by Gasteiger charge is -2.06. The van der Waals surface area contributed by atoms with Gasteiger partial charge in [0.1, 0.15) is 11.6 Å². The highest BCUT2D eigenvalue weighted by Crippen LogP contribution is 2.32. The zero-order valence-corrected chi connectivity index (χ0v) is 17.8.